The molecule has 0 amide bonds. The third-order valence-corrected chi connectivity index (χ3v) is 4.95. The number of hydrogen-bond acceptors (Lipinski definition) is 7. The van der Waals surface area contributed by atoms with Crippen LogP contribution in [-0.4, -0.2) is 36.5 Å². The van der Waals surface area contributed by atoms with Crippen molar-refractivity contribution >= 4 is 22.6 Å². The van der Waals surface area contributed by atoms with Crippen molar-refractivity contribution < 1.29 is 9.15 Å². The summed E-state index contributed by atoms with van der Waals surface area (Å²) in [5, 5.41) is 9.72. The van der Waals surface area contributed by atoms with E-state index in [9.17, 15) is 0 Å². The van der Waals surface area contributed by atoms with Crippen LogP contribution in [0.25, 0.3) is 28.3 Å². The van der Waals surface area contributed by atoms with Gasteiger partial charge >= 0.3 is 0 Å². The molecule has 2 N–H and O–H groups in total. The zero-order valence-electron chi connectivity index (χ0n) is 17.0. The Morgan fingerprint density at radius 3 is 2.87 bits per heavy atom. The summed E-state index contributed by atoms with van der Waals surface area (Å²) >= 11 is 0. The fourth-order valence-electron chi connectivity index (χ4n) is 3.43. The van der Waals surface area contributed by atoms with Gasteiger partial charge in [-0.15, -0.1) is 5.10 Å². The van der Waals surface area contributed by atoms with Crippen molar-refractivity contribution in [1.82, 2.24) is 29.4 Å². The minimum Gasteiger partial charge on any atom is -0.501 e. The van der Waals surface area contributed by atoms with E-state index in [-0.39, 0.29) is 5.95 Å². The van der Waals surface area contributed by atoms with E-state index in [0.717, 1.165) is 49.8 Å². The van der Waals surface area contributed by atoms with Gasteiger partial charge in [-0.2, -0.15) is 14.6 Å². The molecule has 0 aliphatic heterocycles. The summed E-state index contributed by atoms with van der Waals surface area (Å²) in [6, 6.07) is 3.60. The van der Waals surface area contributed by atoms with E-state index < -0.39 is 0 Å². The van der Waals surface area contributed by atoms with E-state index in [2.05, 4.69) is 26.7 Å². The number of rotatable bonds is 10. The lowest BCUT2D eigenvalue weighted by Gasteiger charge is -2.06. The Hall–Kier alpha value is -3.62. The average molecular weight is 407 g/mol. The maximum Gasteiger partial charge on any atom is 0.225 e. The van der Waals surface area contributed by atoms with Gasteiger partial charge in [0.15, 0.2) is 17.1 Å². The summed E-state index contributed by atoms with van der Waals surface area (Å²) in [6.45, 7) is 4.47. The normalized spacial score (nSPS) is 12.1. The summed E-state index contributed by atoms with van der Waals surface area (Å²) in [5.74, 6) is 2.28. The molecular weight excluding hydrogens is 382 g/mol. The molecule has 4 aromatic heterocycles. The topological polar surface area (TPSA) is 109 Å². The van der Waals surface area contributed by atoms with Crippen LogP contribution >= 0.6 is 0 Å². The maximum atomic E-state index is 6.13. The zero-order chi connectivity index (χ0) is 20.9. The summed E-state index contributed by atoms with van der Waals surface area (Å²) in [7, 11) is 1.70. The first-order valence-corrected chi connectivity index (χ1v) is 9.98. The van der Waals surface area contributed by atoms with Gasteiger partial charge in [0.25, 0.3) is 0 Å². The van der Waals surface area contributed by atoms with E-state index in [1.165, 1.54) is 4.52 Å². The zero-order valence-corrected chi connectivity index (χ0v) is 17.0. The largest absolute Gasteiger partial charge is 0.501 e. The molecular formula is C21H25N7O2. The van der Waals surface area contributed by atoms with Crippen LogP contribution in [0.3, 0.4) is 0 Å². The van der Waals surface area contributed by atoms with Gasteiger partial charge in [0.1, 0.15) is 0 Å². The van der Waals surface area contributed by atoms with E-state index in [0.29, 0.717) is 22.9 Å². The highest BCUT2D eigenvalue weighted by Crippen LogP contribution is 2.23. The van der Waals surface area contributed by atoms with Gasteiger partial charge in [-0.25, -0.2) is 9.67 Å². The number of nitrogens with zero attached hydrogens (tertiary/aromatic N) is 6. The van der Waals surface area contributed by atoms with Crippen molar-refractivity contribution in [2.75, 3.05) is 12.8 Å². The smallest absolute Gasteiger partial charge is 0.225 e. The predicted octanol–water partition coefficient (Wildman–Crippen LogP) is 3.98. The third-order valence-electron chi connectivity index (χ3n) is 4.95. The number of furan rings is 1. The highest BCUT2D eigenvalue weighted by Gasteiger charge is 2.17. The number of fused-ring (bicyclic) bond motifs is 3. The highest BCUT2D eigenvalue weighted by atomic mass is 16.5. The number of hydrogen-bond donors (Lipinski definition) is 1. The van der Waals surface area contributed by atoms with Gasteiger partial charge in [-0.3, -0.25) is 0 Å². The molecule has 0 fully saturated rings. The molecule has 0 atom stereocenters. The quantitative estimate of drug-likeness (QED) is 0.240. The second-order valence-corrected chi connectivity index (χ2v) is 6.96. The molecule has 0 saturated heterocycles. The van der Waals surface area contributed by atoms with Crippen molar-refractivity contribution in [3.63, 3.8) is 0 Å². The molecule has 0 radical (unpaired) electrons. The Morgan fingerprint density at radius 2 is 2.10 bits per heavy atom. The number of nitrogen functional groups attached to an aromatic ring is 1. The molecule has 4 heterocycles. The number of anilines is 1. The molecule has 0 aliphatic carbocycles. The lowest BCUT2D eigenvalue weighted by Crippen LogP contribution is -2.06. The van der Waals surface area contributed by atoms with Crippen molar-refractivity contribution in [2.24, 2.45) is 0 Å². The first-order chi connectivity index (χ1) is 14.7. The SMILES string of the molecule is C=CC=C(CCCCCCn1ncc2c1nc(N)n1nc(-c3ccco3)nc21)OC. The van der Waals surface area contributed by atoms with Crippen LogP contribution in [0.5, 0.6) is 0 Å². The summed E-state index contributed by atoms with van der Waals surface area (Å²) in [5.41, 5.74) is 7.47. The number of methoxy groups -OCH3 is 1. The van der Waals surface area contributed by atoms with Gasteiger partial charge in [-0.1, -0.05) is 25.5 Å². The predicted molar refractivity (Wildman–Crippen MR) is 115 cm³/mol. The van der Waals surface area contributed by atoms with Crippen LogP contribution in [0.15, 0.2) is 53.5 Å². The van der Waals surface area contributed by atoms with Crippen LogP contribution in [0.1, 0.15) is 32.1 Å². The summed E-state index contributed by atoms with van der Waals surface area (Å²) in [6.07, 6.45) is 12.2. The van der Waals surface area contributed by atoms with Crippen molar-refractivity contribution in [3.8, 4) is 11.6 Å². The Morgan fingerprint density at radius 1 is 1.23 bits per heavy atom. The number of ether oxygens (including phenoxy) is 1. The summed E-state index contributed by atoms with van der Waals surface area (Å²) in [4.78, 5) is 9.08. The van der Waals surface area contributed by atoms with Gasteiger partial charge < -0.3 is 14.9 Å². The summed E-state index contributed by atoms with van der Waals surface area (Å²) < 4.78 is 14.1. The van der Waals surface area contributed by atoms with E-state index in [4.69, 9.17) is 14.9 Å². The average Bonchev–Trinajstić information content (AvgIpc) is 3.49. The standard InChI is InChI=1S/C21H25N7O2/c1-3-9-15(29-2)10-6-4-5-7-12-27-19-16(14-23-27)20-24-18(17-11-8-13-30-17)26-28(20)21(22)25-19/h3,8-9,11,13-14H,1,4-7,10,12H2,2H3,(H2,22,25). The molecule has 4 rings (SSSR count). The third kappa shape index (κ3) is 3.91. The van der Waals surface area contributed by atoms with Crippen molar-refractivity contribution in [2.45, 2.75) is 38.6 Å². The number of unbranched alkanes of at least 4 members (excludes halogenated alkanes) is 3. The fourth-order valence-corrected chi connectivity index (χ4v) is 3.43. The molecule has 30 heavy (non-hydrogen) atoms. The van der Waals surface area contributed by atoms with Crippen LogP contribution < -0.4 is 5.73 Å². The van der Waals surface area contributed by atoms with Crippen LogP contribution in [-0.2, 0) is 11.3 Å². The molecule has 0 aliphatic rings. The van der Waals surface area contributed by atoms with Crippen LogP contribution in [0.2, 0.25) is 0 Å². The molecule has 0 saturated carbocycles. The van der Waals surface area contributed by atoms with Crippen molar-refractivity contribution in [1.29, 1.82) is 0 Å². The Balaban J connectivity index is 1.43. The lowest BCUT2D eigenvalue weighted by molar-refractivity contribution is 0.274. The molecule has 9 heteroatoms. The van der Waals surface area contributed by atoms with Gasteiger partial charge in [-0.05, 0) is 31.1 Å². The molecule has 0 bridgehead atoms. The van der Waals surface area contributed by atoms with Gasteiger partial charge in [0.2, 0.25) is 11.8 Å². The second-order valence-electron chi connectivity index (χ2n) is 6.96. The number of nitrogens with two attached hydrogens (primary N) is 1. The van der Waals surface area contributed by atoms with Crippen molar-refractivity contribution in [3.05, 3.63) is 49.1 Å². The Kier molecular flexibility index (Phi) is 5.78. The molecule has 0 unspecified atom stereocenters. The number of aromatic nitrogens is 6. The Labute approximate surface area is 173 Å². The number of aryl methyl sites for hydroxylation is 1. The monoisotopic (exact) mass is 407 g/mol. The lowest BCUT2D eigenvalue weighted by atomic mass is 10.1. The van der Waals surface area contributed by atoms with E-state index >= 15 is 0 Å². The molecule has 0 spiro atoms. The van der Waals surface area contributed by atoms with Crippen LogP contribution in [0, 0.1) is 0 Å². The molecule has 0 aromatic carbocycles. The van der Waals surface area contributed by atoms with Crippen LogP contribution in [0.4, 0.5) is 5.95 Å². The minimum absolute atomic E-state index is 0.269. The van der Waals surface area contributed by atoms with E-state index in [1.54, 1.807) is 31.7 Å². The minimum atomic E-state index is 0.269. The highest BCUT2D eigenvalue weighted by molar-refractivity contribution is 5.90. The first-order valence-electron chi connectivity index (χ1n) is 9.98. The van der Waals surface area contributed by atoms with Gasteiger partial charge in [0.05, 0.1) is 30.7 Å². The van der Waals surface area contributed by atoms with E-state index in [1.807, 2.05) is 16.8 Å². The number of allylic oxidation sites excluding steroid dienone is 3. The van der Waals surface area contributed by atoms with Gasteiger partial charge in [0, 0.05) is 13.0 Å². The Bertz CT molecular complexity index is 1170. The fraction of sp³-hybridized carbons (Fsp3) is 0.333. The second kappa shape index (κ2) is 8.81. The molecule has 4 aromatic rings. The molecule has 9 nitrogen and oxygen atoms in total. The maximum absolute atomic E-state index is 6.13. The molecule has 156 valence electrons. The first kappa shape index (κ1) is 19.7.